The highest BCUT2D eigenvalue weighted by Crippen LogP contribution is 2.24. The van der Waals surface area contributed by atoms with Crippen molar-refractivity contribution in [1.82, 2.24) is 0 Å². The predicted octanol–water partition coefficient (Wildman–Crippen LogP) is 0.386. The van der Waals surface area contributed by atoms with Gasteiger partial charge in [0.25, 0.3) is 0 Å². The summed E-state index contributed by atoms with van der Waals surface area (Å²) in [7, 11) is 0. The molecule has 3 atom stereocenters. The van der Waals surface area contributed by atoms with Gasteiger partial charge in [-0.2, -0.15) is 5.23 Å². The summed E-state index contributed by atoms with van der Waals surface area (Å²) in [5.41, 5.74) is 5.47. The third kappa shape index (κ3) is 5.99. The number of quaternary nitrogens is 1. The van der Waals surface area contributed by atoms with E-state index in [1.165, 1.54) is 48.5 Å². The van der Waals surface area contributed by atoms with E-state index < -0.39 is 35.5 Å². The van der Waals surface area contributed by atoms with Gasteiger partial charge in [-0.3, -0.25) is 4.79 Å². The van der Waals surface area contributed by atoms with Crippen molar-refractivity contribution in [3.63, 3.8) is 0 Å². The van der Waals surface area contributed by atoms with Crippen molar-refractivity contribution in [2.45, 2.75) is 18.6 Å². The molecule has 0 aromatic heterocycles. The van der Waals surface area contributed by atoms with Crippen LogP contribution in [0.1, 0.15) is 17.2 Å². The van der Waals surface area contributed by atoms with E-state index in [1.54, 1.807) is 0 Å². The minimum absolute atomic E-state index is 0.0123. The number of hydrogen-bond acceptors (Lipinski definition) is 8. The quantitative estimate of drug-likeness (QED) is 0.233. The largest absolute Gasteiger partial charge is 0.595 e. The molecule has 11 nitrogen and oxygen atoms in total. The maximum Gasteiger partial charge on any atom is 0.515 e. The van der Waals surface area contributed by atoms with Gasteiger partial charge in [0, 0.05) is 6.07 Å². The lowest BCUT2D eigenvalue weighted by Crippen LogP contribution is -2.99. The molecule has 29 heavy (non-hydrogen) atoms. The van der Waals surface area contributed by atoms with Crippen molar-refractivity contribution in [2.24, 2.45) is 5.73 Å². The second-order valence-electron chi connectivity index (χ2n) is 5.87. The molecule has 0 aliphatic carbocycles. The maximum atomic E-state index is 12.0. The topological polar surface area (TPSA) is 184 Å². The van der Waals surface area contributed by atoms with Crippen LogP contribution >= 0.6 is 0 Å². The molecule has 0 amide bonds. The molecule has 0 fully saturated rings. The Kier molecular flexibility index (Phi) is 7.22. The Hall–Kier alpha value is -3.51. The predicted molar refractivity (Wildman–Crippen MR) is 95.5 cm³/mol. The Labute approximate surface area is 164 Å². The molecule has 0 saturated carbocycles. The molecule has 0 aliphatic heterocycles. The summed E-state index contributed by atoms with van der Waals surface area (Å²) in [6.45, 7) is 0. The summed E-state index contributed by atoms with van der Waals surface area (Å²) in [5, 5.41) is 37.2. The second kappa shape index (κ2) is 9.61. The number of para-hydroxylation sites is 1. The molecule has 6 N–H and O–H groups in total. The molecule has 2 unspecified atom stereocenters. The third-order valence-electron chi connectivity index (χ3n) is 3.81. The third-order valence-corrected chi connectivity index (χ3v) is 3.81. The van der Waals surface area contributed by atoms with Crippen molar-refractivity contribution in [3.05, 3.63) is 64.9 Å². The number of carboxylic acid groups (broad SMARTS) is 2. The number of nitrogens with one attached hydrogen (secondary N) is 1. The first kappa shape index (κ1) is 21.8. The molecule has 2 aromatic carbocycles. The number of carbonyl (C=O) groups is 3. The Morgan fingerprint density at radius 1 is 1.03 bits per heavy atom. The summed E-state index contributed by atoms with van der Waals surface area (Å²) < 4.78 is 9.70. The fourth-order valence-electron chi connectivity index (χ4n) is 2.42. The van der Waals surface area contributed by atoms with Crippen LogP contribution in [0.25, 0.3) is 0 Å². The molecule has 11 heteroatoms. The van der Waals surface area contributed by atoms with Gasteiger partial charge in [-0.1, -0.05) is 24.3 Å². The second-order valence-corrected chi connectivity index (χ2v) is 5.87. The summed E-state index contributed by atoms with van der Waals surface area (Å²) in [5.74, 6) is -2.72. The number of rotatable bonds is 8. The van der Waals surface area contributed by atoms with Crippen molar-refractivity contribution in [1.29, 1.82) is 0 Å². The van der Waals surface area contributed by atoms with Crippen molar-refractivity contribution >= 4 is 23.8 Å². The average Bonchev–Trinajstić information content (AvgIpc) is 2.67. The zero-order valence-corrected chi connectivity index (χ0v) is 14.8. The van der Waals surface area contributed by atoms with Gasteiger partial charge < -0.3 is 30.6 Å². The van der Waals surface area contributed by atoms with E-state index in [4.69, 9.17) is 20.3 Å². The molecule has 2 aromatic rings. The summed E-state index contributed by atoms with van der Waals surface area (Å²) in [6, 6.07) is 9.81. The zero-order valence-electron chi connectivity index (χ0n) is 14.8. The minimum Gasteiger partial charge on any atom is -0.595 e. The summed E-state index contributed by atoms with van der Waals surface area (Å²) >= 11 is 0. The Balaban J connectivity index is 2.08. The maximum absolute atomic E-state index is 12.0. The smallest absolute Gasteiger partial charge is 0.515 e. The summed E-state index contributed by atoms with van der Waals surface area (Å²) in [4.78, 5) is 34.2. The fourth-order valence-corrected chi connectivity index (χ4v) is 2.42. The van der Waals surface area contributed by atoms with Crippen LogP contribution in [0.15, 0.2) is 48.5 Å². The van der Waals surface area contributed by atoms with E-state index in [0.29, 0.717) is 5.56 Å². The highest BCUT2D eigenvalue weighted by Gasteiger charge is 2.30. The standard InChI is InChI=1S/C18H18N2O9/c19-13(16(21)22)9-10-5-7-11(8-6-10)28-18(25)29-15(17(23)24)12-3-1-2-4-14(12)20(26)27/h1-8,13,15,20,26H,9,19H2,(H,21,22)(H,23,24)/t13-,15?/m0/s1. The van der Waals surface area contributed by atoms with Crippen molar-refractivity contribution in [2.75, 3.05) is 0 Å². The number of carbonyl (C=O) groups excluding carboxylic acids is 1. The van der Waals surface area contributed by atoms with Crippen LogP contribution in [0.4, 0.5) is 10.5 Å². The van der Waals surface area contributed by atoms with Gasteiger partial charge >= 0.3 is 18.1 Å². The van der Waals surface area contributed by atoms with Crippen LogP contribution in [-0.4, -0.2) is 39.6 Å². The number of carboxylic acids is 2. The van der Waals surface area contributed by atoms with Crippen LogP contribution < -0.4 is 15.7 Å². The molecule has 0 radical (unpaired) electrons. The number of nitrogens with two attached hydrogens (primary N) is 1. The number of benzene rings is 2. The van der Waals surface area contributed by atoms with Crippen LogP contribution in [0.2, 0.25) is 0 Å². The van der Waals surface area contributed by atoms with E-state index in [0.717, 1.165) is 0 Å². The van der Waals surface area contributed by atoms with Crippen LogP contribution in [0.5, 0.6) is 5.75 Å². The molecule has 0 heterocycles. The normalized spacial score (nSPS) is 13.8. The average molecular weight is 406 g/mol. The van der Waals surface area contributed by atoms with E-state index in [2.05, 4.69) is 0 Å². The van der Waals surface area contributed by atoms with Gasteiger partial charge in [0.1, 0.15) is 11.8 Å². The SMILES string of the molecule is N[C@@H](Cc1ccc(OC(=O)OC(C(=O)O)c2ccccc2[NH+]([O-])O)cc1)C(=O)O. The van der Waals surface area contributed by atoms with Gasteiger partial charge in [-0.15, -0.1) is 0 Å². The van der Waals surface area contributed by atoms with E-state index in [9.17, 15) is 29.9 Å². The lowest BCUT2D eigenvalue weighted by molar-refractivity contribution is -0.991. The lowest BCUT2D eigenvalue weighted by Gasteiger charge is -2.19. The molecule has 0 bridgehead atoms. The number of ether oxygens (including phenoxy) is 2. The molecular weight excluding hydrogens is 388 g/mol. The Morgan fingerprint density at radius 2 is 1.66 bits per heavy atom. The van der Waals surface area contributed by atoms with Gasteiger partial charge in [0.2, 0.25) is 6.10 Å². The lowest BCUT2D eigenvalue weighted by atomic mass is 10.1. The molecular formula is C18H18N2O9. The van der Waals surface area contributed by atoms with Gasteiger partial charge in [0.05, 0.1) is 5.56 Å². The van der Waals surface area contributed by atoms with Crippen molar-refractivity contribution in [3.8, 4) is 5.75 Å². The Bertz CT molecular complexity index is 883. The molecule has 0 aliphatic rings. The molecule has 2 rings (SSSR count). The van der Waals surface area contributed by atoms with Crippen LogP contribution in [0, 0.1) is 5.21 Å². The first-order valence-electron chi connectivity index (χ1n) is 8.20. The Morgan fingerprint density at radius 3 is 2.21 bits per heavy atom. The first-order valence-corrected chi connectivity index (χ1v) is 8.20. The zero-order chi connectivity index (χ0) is 21.6. The number of hydrogen-bond donors (Lipinski definition) is 5. The molecule has 0 saturated heterocycles. The van der Waals surface area contributed by atoms with E-state index >= 15 is 0 Å². The first-order chi connectivity index (χ1) is 13.7. The highest BCUT2D eigenvalue weighted by molar-refractivity contribution is 5.79. The van der Waals surface area contributed by atoms with Crippen LogP contribution in [0.3, 0.4) is 0 Å². The fraction of sp³-hybridized carbons (Fsp3) is 0.167. The highest BCUT2D eigenvalue weighted by atomic mass is 16.8. The molecule has 154 valence electrons. The molecule has 0 spiro atoms. The van der Waals surface area contributed by atoms with Crippen LogP contribution in [-0.2, 0) is 20.7 Å². The number of aliphatic carboxylic acids is 2. The summed E-state index contributed by atoms with van der Waals surface area (Å²) in [6.07, 6.45) is -3.18. The monoisotopic (exact) mass is 406 g/mol. The van der Waals surface area contributed by atoms with E-state index in [-0.39, 0.29) is 23.4 Å². The van der Waals surface area contributed by atoms with E-state index in [1.807, 2.05) is 0 Å². The van der Waals surface area contributed by atoms with Gasteiger partial charge in [0.15, 0.2) is 5.69 Å². The van der Waals surface area contributed by atoms with Gasteiger partial charge in [-0.25, -0.2) is 14.8 Å². The minimum atomic E-state index is -1.89. The van der Waals surface area contributed by atoms with Crippen molar-refractivity contribution < 1.29 is 44.5 Å². The van der Waals surface area contributed by atoms with Gasteiger partial charge in [-0.05, 0) is 30.2 Å².